The van der Waals surface area contributed by atoms with E-state index in [1.165, 1.54) is 32.2 Å². The number of carbonyl (C=O) groups excluding carboxylic acids is 1. The first-order valence-electron chi connectivity index (χ1n) is 7.41. The first-order valence-corrected chi connectivity index (χ1v) is 7.41. The zero-order valence-corrected chi connectivity index (χ0v) is 13.7. The fourth-order valence-electron chi connectivity index (χ4n) is 2.67. The van der Waals surface area contributed by atoms with E-state index in [0.717, 1.165) is 0 Å². The molecule has 2 heterocycles. The summed E-state index contributed by atoms with van der Waals surface area (Å²) in [6, 6.07) is 5.78. The standard InChI is InChI=1S/C16H14F3N3O4/c1-8-7-15(24,16(17,18)19)22(21-8)14(23)11-6-9-5-10(25-2)3-4-12(9)26-13(11)20/h3-6,20,24H,7H2,1-2H3. The Morgan fingerprint density at radius 2 is 2.12 bits per heavy atom. The van der Waals surface area contributed by atoms with Crippen LogP contribution in [-0.4, -0.2) is 40.7 Å². The summed E-state index contributed by atoms with van der Waals surface area (Å²) in [5.74, 6) is -0.856. The number of halogens is 3. The Hall–Kier alpha value is -2.88. The van der Waals surface area contributed by atoms with Crippen molar-refractivity contribution in [2.75, 3.05) is 7.11 Å². The van der Waals surface area contributed by atoms with E-state index in [1.807, 2.05) is 0 Å². The van der Waals surface area contributed by atoms with Gasteiger partial charge < -0.3 is 14.3 Å². The molecule has 2 aromatic rings. The van der Waals surface area contributed by atoms with Gasteiger partial charge in [0.05, 0.1) is 7.11 Å². The molecule has 0 saturated heterocycles. The van der Waals surface area contributed by atoms with Crippen LogP contribution in [0.2, 0.25) is 0 Å². The second-order valence-corrected chi connectivity index (χ2v) is 5.84. The van der Waals surface area contributed by atoms with Crippen molar-refractivity contribution in [3.63, 3.8) is 0 Å². The molecule has 0 radical (unpaired) electrons. The third-order valence-corrected chi connectivity index (χ3v) is 3.97. The zero-order valence-electron chi connectivity index (χ0n) is 13.7. The summed E-state index contributed by atoms with van der Waals surface area (Å²) in [4.78, 5) is 12.6. The van der Waals surface area contributed by atoms with Gasteiger partial charge in [-0.1, -0.05) is 0 Å². The highest BCUT2D eigenvalue weighted by atomic mass is 19.4. The van der Waals surface area contributed by atoms with E-state index >= 15 is 0 Å². The maximum atomic E-state index is 13.3. The van der Waals surface area contributed by atoms with Gasteiger partial charge in [-0.25, -0.2) is 0 Å². The van der Waals surface area contributed by atoms with E-state index in [1.54, 1.807) is 6.07 Å². The molecule has 1 aliphatic heterocycles. The van der Waals surface area contributed by atoms with Crippen molar-refractivity contribution in [1.29, 1.82) is 5.41 Å². The molecular formula is C16H14F3N3O4. The van der Waals surface area contributed by atoms with Crippen LogP contribution in [0.25, 0.3) is 11.0 Å². The van der Waals surface area contributed by atoms with Crippen LogP contribution in [0, 0.1) is 5.41 Å². The molecule has 1 aromatic carbocycles. The molecule has 1 aliphatic rings. The lowest BCUT2D eigenvalue weighted by Gasteiger charge is -2.32. The van der Waals surface area contributed by atoms with Gasteiger partial charge >= 0.3 is 6.18 Å². The van der Waals surface area contributed by atoms with Gasteiger partial charge in [0.25, 0.3) is 11.6 Å². The molecule has 0 saturated carbocycles. The Balaban J connectivity index is 2.12. The van der Waals surface area contributed by atoms with Gasteiger partial charge in [-0.05, 0) is 31.2 Å². The van der Waals surface area contributed by atoms with Gasteiger partial charge in [-0.15, -0.1) is 0 Å². The highest BCUT2D eigenvalue weighted by Gasteiger charge is 2.62. The highest BCUT2D eigenvalue weighted by Crippen LogP contribution is 2.40. The van der Waals surface area contributed by atoms with E-state index in [9.17, 15) is 23.1 Å². The fraction of sp³-hybridized carbons (Fsp3) is 0.312. The zero-order chi connectivity index (χ0) is 19.3. The van der Waals surface area contributed by atoms with E-state index < -0.39 is 35.3 Å². The molecule has 3 rings (SSSR count). The lowest BCUT2D eigenvalue weighted by molar-refractivity contribution is -0.297. The number of alkyl halides is 3. The molecule has 1 atom stereocenters. The Bertz CT molecular complexity index is 983. The van der Waals surface area contributed by atoms with Gasteiger partial charge in [0.2, 0.25) is 5.55 Å². The summed E-state index contributed by atoms with van der Waals surface area (Å²) >= 11 is 0. The number of nitrogens with zero attached hydrogens (tertiary/aromatic N) is 2. The first kappa shape index (κ1) is 17.9. The summed E-state index contributed by atoms with van der Waals surface area (Å²) in [5, 5.41) is 21.7. The number of carbonyl (C=O) groups is 1. The van der Waals surface area contributed by atoms with E-state index in [4.69, 9.17) is 14.6 Å². The van der Waals surface area contributed by atoms with Crippen LogP contribution >= 0.6 is 0 Å². The number of amides is 1. The number of benzene rings is 1. The minimum atomic E-state index is -5.12. The van der Waals surface area contributed by atoms with E-state index in [0.29, 0.717) is 11.1 Å². The third-order valence-electron chi connectivity index (χ3n) is 3.97. The van der Waals surface area contributed by atoms with Crippen LogP contribution in [0.4, 0.5) is 13.2 Å². The Morgan fingerprint density at radius 1 is 1.42 bits per heavy atom. The van der Waals surface area contributed by atoms with E-state index in [2.05, 4.69) is 5.10 Å². The molecule has 7 nitrogen and oxygen atoms in total. The minimum absolute atomic E-state index is 0.0444. The number of ether oxygens (including phenoxy) is 1. The van der Waals surface area contributed by atoms with Crippen molar-refractivity contribution < 1.29 is 32.2 Å². The molecule has 1 aromatic heterocycles. The van der Waals surface area contributed by atoms with Crippen LogP contribution in [0.15, 0.2) is 33.8 Å². The molecule has 1 amide bonds. The monoisotopic (exact) mass is 369 g/mol. The SMILES string of the molecule is COc1ccc2oc(=N)c(C(=O)N3N=C(C)CC3(O)C(F)(F)F)cc2c1. The Morgan fingerprint density at radius 3 is 2.73 bits per heavy atom. The number of hydrogen-bond acceptors (Lipinski definition) is 6. The van der Waals surface area contributed by atoms with E-state index in [-0.39, 0.29) is 16.3 Å². The summed E-state index contributed by atoms with van der Waals surface area (Å²) in [7, 11) is 1.42. The second-order valence-electron chi connectivity index (χ2n) is 5.84. The van der Waals surface area contributed by atoms with Crippen LogP contribution in [0.5, 0.6) is 5.75 Å². The number of hydrogen-bond donors (Lipinski definition) is 2. The number of rotatable bonds is 2. The summed E-state index contributed by atoms with van der Waals surface area (Å²) in [5.41, 5.74) is -4.39. The van der Waals surface area contributed by atoms with Crippen LogP contribution in [-0.2, 0) is 0 Å². The highest BCUT2D eigenvalue weighted by molar-refractivity contribution is 5.99. The van der Waals surface area contributed by atoms with Crippen molar-refractivity contribution in [1.82, 2.24) is 5.01 Å². The predicted molar refractivity (Wildman–Crippen MR) is 83.5 cm³/mol. The molecule has 2 N–H and O–H groups in total. The molecule has 0 aliphatic carbocycles. The summed E-state index contributed by atoms with van der Waals surface area (Å²) in [6.45, 7) is 1.27. The molecule has 10 heteroatoms. The largest absolute Gasteiger partial charge is 0.497 e. The second kappa shape index (κ2) is 5.84. The number of nitrogens with one attached hydrogen (secondary N) is 1. The molecule has 138 valence electrons. The lowest BCUT2D eigenvalue weighted by Crippen LogP contribution is -2.57. The fourth-order valence-corrected chi connectivity index (χ4v) is 2.67. The smallest absolute Gasteiger partial charge is 0.438 e. The topological polar surface area (TPSA) is 99.1 Å². The van der Waals surface area contributed by atoms with Gasteiger partial charge in [0, 0.05) is 17.5 Å². The molecule has 0 fully saturated rings. The van der Waals surface area contributed by atoms with Gasteiger partial charge in [0.15, 0.2) is 0 Å². The maximum Gasteiger partial charge on any atom is 0.438 e. The number of fused-ring (bicyclic) bond motifs is 1. The van der Waals surface area contributed by atoms with Crippen LogP contribution < -0.4 is 10.3 Å². The van der Waals surface area contributed by atoms with Gasteiger partial charge in [-0.3, -0.25) is 10.2 Å². The average molecular weight is 369 g/mol. The summed E-state index contributed by atoms with van der Waals surface area (Å²) < 4.78 is 50.1. The number of aliphatic hydroxyl groups is 1. The molecule has 0 spiro atoms. The summed E-state index contributed by atoms with van der Waals surface area (Å²) in [6.07, 6.45) is -5.99. The maximum absolute atomic E-state index is 13.3. The van der Waals surface area contributed by atoms with Crippen molar-refractivity contribution in [2.45, 2.75) is 25.2 Å². The van der Waals surface area contributed by atoms with Crippen LogP contribution in [0.1, 0.15) is 23.7 Å². The molecular weight excluding hydrogens is 355 g/mol. The average Bonchev–Trinajstić information content (AvgIpc) is 2.89. The Kier molecular flexibility index (Phi) is 4.02. The van der Waals surface area contributed by atoms with Crippen molar-refractivity contribution in [2.24, 2.45) is 5.10 Å². The van der Waals surface area contributed by atoms with Gasteiger partial charge in [-0.2, -0.15) is 23.3 Å². The normalized spacial score (nSPS) is 20.4. The molecule has 1 unspecified atom stereocenters. The van der Waals surface area contributed by atoms with Crippen molar-refractivity contribution in [3.8, 4) is 5.75 Å². The quantitative estimate of drug-likeness (QED) is 0.849. The number of methoxy groups -OCH3 is 1. The minimum Gasteiger partial charge on any atom is -0.497 e. The van der Waals surface area contributed by atoms with Crippen molar-refractivity contribution >= 4 is 22.6 Å². The first-order chi connectivity index (χ1) is 12.1. The molecule has 26 heavy (non-hydrogen) atoms. The predicted octanol–water partition coefficient (Wildman–Crippen LogP) is 2.39. The van der Waals surface area contributed by atoms with Crippen molar-refractivity contribution in [3.05, 3.63) is 35.4 Å². The van der Waals surface area contributed by atoms with Gasteiger partial charge in [0.1, 0.15) is 16.9 Å². The van der Waals surface area contributed by atoms with Crippen LogP contribution in [0.3, 0.4) is 0 Å². The Labute approximate surface area is 144 Å². The lowest BCUT2D eigenvalue weighted by atomic mass is 10.1. The number of hydrazone groups is 1. The third kappa shape index (κ3) is 2.71. The molecule has 0 bridgehead atoms.